The molecule has 1 aromatic carbocycles. The molecule has 3 rings (SSSR count). The van der Waals surface area contributed by atoms with Gasteiger partial charge in [-0.2, -0.15) is 0 Å². The second-order valence-corrected chi connectivity index (χ2v) is 5.07. The zero-order valence-electron chi connectivity index (χ0n) is 10.5. The zero-order valence-corrected chi connectivity index (χ0v) is 12.0. The molecular formula is C14H8Cl2FN3O. The Bertz CT molecular complexity index is 820. The number of pyridine rings is 1. The topological polar surface area (TPSA) is 64.9 Å². The molecule has 2 heterocycles. The number of hydrogen-bond acceptors (Lipinski definition) is 4. The minimum Gasteiger partial charge on any atom is -0.367 e. The molecule has 3 aromatic rings. The minimum absolute atomic E-state index is 0.0691. The number of nitrogens with zero attached hydrogens (tertiary/aromatic N) is 2. The predicted octanol–water partition coefficient (Wildman–Crippen LogP) is 4.43. The van der Waals surface area contributed by atoms with E-state index < -0.39 is 5.82 Å². The molecule has 0 aliphatic carbocycles. The van der Waals surface area contributed by atoms with Crippen molar-refractivity contribution < 1.29 is 8.91 Å². The van der Waals surface area contributed by atoms with Gasteiger partial charge in [-0.25, -0.2) is 4.39 Å². The van der Waals surface area contributed by atoms with Crippen LogP contribution in [0.3, 0.4) is 0 Å². The van der Waals surface area contributed by atoms with Gasteiger partial charge >= 0.3 is 0 Å². The highest BCUT2D eigenvalue weighted by molar-refractivity contribution is 6.42. The first kappa shape index (κ1) is 13.9. The van der Waals surface area contributed by atoms with Crippen molar-refractivity contribution >= 4 is 29.1 Å². The second-order valence-electron chi connectivity index (χ2n) is 4.25. The number of halogens is 3. The summed E-state index contributed by atoms with van der Waals surface area (Å²) in [6.07, 6.45) is 2.56. The van der Waals surface area contributed by atoms with Gasteiger partial charge in [-0.1, -0.05) is 34.4 Å². The maximum Gasteiger partial charge on any atom is 0.230 e. The van der Waals surface area contributed by atoms with Crippen molar-refractivity contribution in [2.45, 2.75) is 0 Å². The van der Waals surface area contributed by atoms with Gasteiger partial charge in [-0.05, 0) is 23.8 Å². The first-order chi connectivity index (χ1) is 10.1. The van der Waals surface area contributed by atoms with E-state index in [0.717, 1.165) is 6.20 Å². The molecule has 4 nitrogen and oxygen atoms in total. The smallest absolute Gasteiger partial charge is 0.230 e. The standard InChI is InChI=1S/C14H8Cl2FN3O/c15-9-2-1-7(5-10(9)16)12-13(20-21-14(12)18)8-3-4-19-6-11(8)17/h1-6H,18H2. The summed E-state index contributed by atoms with van der Waals surface area (Å²) in [5, 5.41) is 4.60. The fourth-order valence-electron chi connectivity index (χ4n) is 1.98. The van der Waals surface area contributed by atoms with E-state index in [9.17, 15) is 4.39 Å². The Morgan fingerprint density at radius 3 is 2.67 bits per heavy atom. The van der Waals surface area contributed by atoms with Gasteiger partial charge in [0.05, 0.1) is 21.8 Å². The van der Waals surface area contributed by atoms with Gasteiger partial charge in [-0.15, -0.1) is 0 Å². The number of benzene rings is 1. The highest BCUT2D eigenvalue weighted by atomic mass is 35.5. The number of rotatable bonds is 2. The van der Waals surface area contributed by atoms with Crippen LogP contribution in [0, 0.1) is 5.82 Å². The maximum atomic E-state index is 13.9. The van der Waals surface area contributed by atoms with E-state index in [0.29, 0.717) is 21.2 Å². The molecule has 0 bridgehead atoms. The molecule has 0 saturated carbocycles. The van der Waals surface area contributed by atoms with Gasteiger partial charge in [0.25, 0.3) is 0 Å². The van der Waals surface area contributed by atoms with E-state index >= 15 is 0 Å². The summed E-state index contributed by atoms with van der Waals surface area (Å²) in [5.41, 5.74) is 7.42. The minimum atomic E-state index is -0.521. The summed E-state index contributed by atoms with van der Waals surface area (Å²) >= 11 is 11.9. The summed E-state index contributed by atoms with van der Waals surface area (Å²) in [5.74, 6) is -0.452. The zero-order chi connectivity index (χ0) is 15.0. The van der Waals surface area contributed by atoms with Crippen molar-refractivity contribution in [3.05, 3.63) is 52.5 Å². The monoisotopic (exact) mass is 323 g/mol. The van der Waals surface area contributed by atoms with Crippen molar-refractivity contribution in [1.29, 1.82) is 0 Å². The lowest BCUT2D eigenvalue weighted by Crippen LogP contribution is -1.91. The number of nitrogens with two attached hydrogens (primary N) is 1. The van der Waals surface area contributed by atoms with Crippen molar-refractivity contribution in [2.75, 3.05) is 5.73 Å². The Morgan fingerprint density at radius 1 is 1.14 bits per heavy atom. The third-order valence-electron chi connectivity index (χ3n) is 2.95. The molecular weight excluding hydrogens is 316 g/mol. The largest absolute Gasteiger partial charge is 0.367 e. The summed E-state index contributed by atoms with van der Waals surface area (Å²) in [6, 6.07) is 6.45. The van der Waals surface area contributed by atoms with Crippen LogP contribution in [0.1, 0.15) is 0 Å². The van der Waals surface area contributed by atoms with Crippen molar-refractivity contribution in [3.63, 3.8) is 0 Å². The van der Waals surface area contributed by atoms with Gasteiger partial charge in [0.15, 0.2) is 5.82 Å². The first-order valence-corrected chi connectivity index (χ1v) is 6.64. The molecule has 21 heavy (non-hydrogen) atoms. The molecule has 2 aromatic heterocycles. The lowest BCUT2D eigenvalue weighted by molar-refractivity contribution is 0.439. The lowest BCUT2D eigenvalue weighted by Gasteiger charge is -2.05. The molecule has 106 valence electrons. The van der Waals surface area contributed by atoms with Gasteiger partial charge in [0.2, 0.25) is 5.88 Å². The van der Waals surface area contributed by atoms with Gasteiger partial charge in [0, 0.05) is 11.8 Å². The lowest BCUT2D eigenvalue weighted by atomic mass is 10.0. The van der Waals surface area contributed by atoms with E-state index in [1.54, 1.807) is 18.2 Å². The number of anilines is 1. The maximum absolute atomic E-state index is 13.9. The van der Waals surface area contributed by atoms with E-state index in [-0.39, 0.29) is 17.1 Å². The fraction of sp³-hybridized carbons (Fsp3) is 0. The molecule has 0 aliphatic rings. The average Bonchev–Trinajstić information content (AvgIpc) is 2.84. The third-order valence-corrected chi connectivity index (χ3v) is 3.69. The van der Waals surface area contributed by atoms with Crippen LogP contribution in [0.4, 0.5) is 10.3 Å². The van der Waals surface area contributed by atoms with Crippen LogP contribution in [0.25, 0.3) is 22.4 Å². The summed E-state index contributed by atoms with van der Waals surface area (Å²) in [7, 11) is 0. The number of hydrogen-bond donors (Lipinski definition) is 1. The number of aromatic nitrogens is 2. The molecule has 0 spiro atoms. The molecule has 0 saturated heterocycles. The van der Waals surface area contributed by atoms with E-state index in [1.807, 2.05) is 0 Å². The first-order valence-electron chi connectivity index (χ1n) is 5.88. The Morgan fingerprint density at radius 2 is 1.95 bits per heavy atom. The third kappa shape index (κ3) is 2.46. The van der Waals surface area contributed by atoms with Crippen molar-refractivity contribution in [2.24, 2.45) is 0 Å². The summed E-state index contributed by atoms with van der Waals surface area (Å²) in [6.45, 7) is 0. The van der Waals surface area contributed by atoms with Crippen molar-refractivity contribution in [3.8, 4) is 22.4 Å². The Balaban J connectivity index is 2.22. The molecule has 0 amide bonds. The molecule has 0 unspecified atom stereocenters. The van der Waals surface area contributed by atoms with Gasteiger partial charge < -0.3 is 10.3 Å². The van der Waals surface area contributed by atoms with Crippen LogP contribution in [0.15, 0.2) is 41.2 Å². The molecule has 7 heteroatoms. The average molecular weight is 324 g/mol. The highest BCUT2D eigenvalue weighted by Crippen LogP contribution is 2.38. The van der Waals surface area contributed by atoms with Crippen molar-refractivity contribution in [1.82, 2.24) is 10.1 Å². The Hall–Kier alpha value is -2.11. The van der Waals surface area contributed by atoms with Gasteiger partial charge in [-0.3, -0.25) is 4.98 Å². The summed E-state index contributed by atoms with van der Waals surface area (Å²) in [4.78, 5) is 3.70. The number of nitrogen functional groups attached to an aromatic ring is 1. The molecule has 0 atom stereocenters. The highest BCUT2D eigenvalue weighted by Gasteiger charge is 2.20. The van der Waals surface area contributed by atoms with Crippen LogP contribution < -0.4 is 5.73 Å². The van der Waals surface area contributed by atoms with Gasteiger partial charge in [0.1, 0.15) is 5.69 Å². The molecule has 0 aliphatic heterocycles. The fourth-order valence-corrected chi connectivity index (χ4v) is 2.28. The van der Waals surface area contributed by atoms with Crippen LogP contribution in [0.5, 0.6) is 0 Å². The SMILES string of the molecule is Nc1onc(-c2ccncc2F)c1-c1ccc(Cl)c(Cl)c1. The van der Waals surface area contributed by atoms with Crippen LogP contribution >= 0.6 is 23.2 Å². The quantitative estimate of drug-likeness (QED) is 0.757. The van der Waals surface area contributed by atoms with E-state index in [1.165, 1.54) is 12.3 Å². The summed E-state index contributed by atoms with van der Waals surface area (Å²) < 4.78 is 18.9. The van der Waals surface area contributed by atoms with Crippen LogP contribution in [0.2, 0.25) is 10.0 Å². The van der Waals surface area contributed by atoms with E-state index in [4.69, 9.17) is 33.5 Å². The normalized spacial score (nSPS) is 10.8. The molecule has 0 fully saturated rings. The van der Waals surface area contributed by atoms with Crippen LogP contribution in [-0.2, 0) is 0 Å². The molecule has 0 radical (unpaired) electrons. The van der Waals surface area contributed by atoms with Crippen LogP contribution in [-0.4, -0.2) is 10.1 Å². The van der Waals surface area contributed by atoms with E-state index in [2.05, 4.69) is 10.1 Å². The second kappa shape index (κ2) is 5.35. The molecule has 2 N–H and O–H groups in total. The predicted molar refractivity (Wildman–Crippen MR) is 79.6 cm³/mol. The Kier molecular flexibility index (Phi) is 3.53. The Labute approximate surface area is 129 Å².